The van der Waals surface area contributed by atoms with E-state index in [1.54, 1.807) is 0 Å². The molecular weight excluding hydrogens is 220 g/mol. The largest absolute Gasteiger partial charge is 0.390 e. The van der Waals surface area contributed by atoms with E-state index >= 15 is 0 Å². The van der Waals surface area contributed by atoms with Crippen molar-refractivity contribution in [2.24, 2.45) is 0 Å². The quantitative estimate of drug-likeness (QED) is 0.613. The summed E-state index contributed by atoms with van der Waals surface area (Å²) < 4.78 is 0. The van der Waals surface area contributed by atoms with Crippen LogP contribution in [0.25, 0.3) is 0 Å². The highest BCUT2D eigenvalue weighted by atomic mass is 32.2. The Morgan fingerprint density at radius 1 is 1.25 bits per heavy atom. The zero-order chi connectivity index (χ0) is 12.4. The number of nitrogens with zero attached hydrogens (tertiary/aromatic N) is 1. The van der Waals surface area contributed by atoms with Crippen molar-refractivity contribution >= 4 is 11.8 Å². The molecule has 4 heteroatoms. The number of likely N-dealkylation sites (N-methyl/N-ethyl adjacent to an activating group) is 1. The van der Waals surface area contributed by atoms with Gasteiger partial charge >= 0.3 is 0 Å². The smallest absolute Gasteiger partial charge is 0.0791 e. The molecule has 3 nitrogen and oxygen atoms in total. The minimum absolute atomic E-state index is 0.254. The van der Waals surface area contributed by atoms with Gasteiger partial charge in [0, 0.05) is 24.9 Å². The Hall–Kier alpha value is 0.230. The van der Waals surface area contributed by atoms with Gasteiger partial charge in [0.2, 0.25) is 0 Å². The van der Waals surface area contributed by atoms with Crippen LogP contribution in [0, 0.1) is 0 Å². The Morgan fingerprint density at radius 2 is 1.88 bits per heavy atom. The standard InChI is InChI=1S/C12H28N2OS/c1-5-11(10-16-4)13-8-12(15)9-14(6-2)7-3/h11-13,15H,5-10H2,1-4H3. The third-order valence-electron chi connectivity index (χ3n) is 2.87. The summed E-state index contributed by atoms with van der Waals surface area (Å²) in [6.45, 7) is 9.94. The van der Waals surface area contributed by atoms with Crippen molar-refractivity contribution < 1.29 is 5.11 Å². The molecule has 16 heavy (non-hydrogen) atoms. The minimum atomic E-state index is -0.254. The second-order valence-electron chi connectivity index (χ2n) is 4.11. The summed E-state index contributed by atoms with van der Waals surface area (Å²) in [4.78, 5) is 2.25. The van der Waals surface area contributed by atoms with E-state index in [-0.39, 0.29) is 6.10 Å². The van der Waals surface area contributed by atoms with E-state index in [1.807, 2.05) is 11.8 Å². The lowest BCUT2D eigenvalue weighted by molar-refractivity contribution is 0.114. The summed E-state index contributed by atoms with van der Waals surface area (Å²) in [5.41, 5.74) is 0. The fourth-order valence-electron chi connectivity index (χ4n) is 1.67. The minimum Gasteiger partial charge on any atom is -0.390 e. The van der Waals surface area contributed by atoms with Gasteiger partial charge in [-0.25, -0.2) is 0 Å². The average molecular weight is 248 g/mol. The fraction of sp³-hybridized carbons (Fsp3) is 1.00. The maximum Gasteiger partial charge on any atom is 0.0791 e. The van der Waals surface area contributed by atoms with E-state index in [4.69, 9.17) is 0 Å². The van der Waals surface area contributed by atoms with E-state index < -0.39 is 0 Å². The predicted octanol–water partition coefficient (Wildman–Crippen LogP) is 1.42. The van der Waals surface area contributed by atoms with Crippen molar-refractivity contribution in [3.05, 3.63) is 0 Å². The summed E-state index contributed by atoms with van der Waals surface area (Å²) >= 11 is 1.85. The van der Waals surface area contributed by atoms with Crippen LogP contribution in [0.15, 0.2) is 0 Å². The lowest BCUT2D eigenvalue weighted by Crippen LogP contribution is -2.42. The first-order valence-corrected chi connectivity index (χ1v) is 7.69. The van der Waals surface area contributed by atoms with Crippen molar-refractivity contribution in [3.8, 4) is 0 Å². The number of aliphatic hydroxyl groups excluding tert-OH is 1. The van der Waals surface area contributed by atoms with Gasteiger partial charge in [0.05, 0.1) is 6.10 Å². The SMILES string of the molecule is CCC(CSC)NCC(O)CN(CC)CC. The van der Waals surface area contributed by atoms with E-state index in [9.17, 15) is 5.11 Å². The van der Waals surface area contributed by atoms with Gasteiger partial charge in [0.15, 0.2) is 0 Å². The molecule has 0 aromatic carbocycles. The molecule has 2 N–H and O–H groups in total. The van der Waals surface area contributed by atoms with E-state index in [1.165, 1.54) is 0 Å². The molecule has 0 aromatic heterocycles. The van der Waals surface area contributed by atoms with Crippen LogP contribution >= 0.6 is 11.8 Å². The van der Waals surface area contributed by atoms with Crippen LogP contribution in [-0.2, 0) is 0 Å². The molecule has 2 unspecified atom stereocenters. The Bertz CT molecular complexity index is 154. The summed E-state index contributed by atoms with van der Waals surface area (Å²) in [5.74, 6) is 1.12. The number of hydrogen-bond acceptors (Lipinski definition) is 4. The molecule has 0 fully saturated rings. The van der Waals surface area contributed by atoms with Crippen molar-refractivity contribution in [2.45, 2.75) is 39.3 Å². The van der Waals surface area contributed by atoms with Gasteiger partial charge in [-0.05, 0) is 25.8 Å². The molecule has 0 saturated heterocycles. The molecule has 0 aliphatic heterocycles. The van der Waals surface area contributed by atoms with Gasteiger partial charge in [0.25, 0.3) is 0 Å². The highest BCUT2D eigenvalue weighted by Crippen LogP contribution is 2.01. The molecule has 0 amide bonds. The summed E-state index contributed by atoms with van der Waals surface area (Å²) in [5, 5.41) is 13.3. The van der Waals surface area contributed by atoms with Crippen LogP contribution in [0.2, 0.25) is 0 Å². The number of rotatable bonds is 10. The maximum atomic E-state index is 9.88. The van der Waals surface area contributed by atoms with E-state index in [2.05, 4.69) is 37.2 Å². The summed E-state index contributed by atoms with van der Waals surface area (Å²) in [7, 11) is 0. The van der Waals surface area contributed by atoms with E-state index in [0.717, 1.165) is 31.8 Å². The van der Waals surface area contributed by atoms with Crippen molar-refractivity contribution in [2.75, 3.05) is 38.2 Å². The second kappa shape index (κ2) is 10.4. The fourth-order valence-corrected chi connectivity index (χ4v) is 2.43. The van der Waals surface area contributed by atoms with Gasteiger partial charge in [0.1, 0.15) is 0 Å². The molecule has 0 aliphatic carbocycles. The first-order chi connectivity index (χ1) is 7.67. The third-order valence-corrected chi connectivity index (χ3v) is 3.60. The second-order valence-corrected chi connectivity index (χ2v) is 5.02. The van der Waals surface area contributed by atoms with Crippen LogP contribution in [0.5, 0.6) is 0 Å². The Labute approximate surface area is 105 Å². The van der Waals surface area contributed by atoms with Gasteiger partial charge < -0.3 is 15.3 Å². The third kappa shape index (κ3) is 7.49. The average Bonchev–Trinajstić information content (AvgIpc) is 2.31. The lowest BCUT2D eigenvalue weighted by atomic mass is 10.2. The predicted molar refractivity (Wildman–Crippen MR) is 74.3 cm³/mol. The van der Waals surface area contributed by atoms with Crippen LogP contribution in [0.4, 0.5) is 0 Å². The molecule has 0 saturated carbocycles. The highest BCUT2D eigenvalue weighted by molar-refractivity contribution is 7.98. The normalized spacial score (nSPS) is 15.4. The highest BCUT2D eigenvalue weighted by Gasteiger charge is 2.11. The topological polar surface area (TPSA) is 35.5 Å². The zero-order valence-electron chi connectivity index (χ0n) is 11.2. The van der Waals surface area contributed by atoms with Crippen molar-refractivity contribution in [3.63, 3.8) is 0 Å². The van der Waals surface area contributed by atoms with Crippen LogP contribution in [0.3, 0.4) is 0 Å². The van der Waals surface area contributed by atoms with Gasteiger partial charge in [-0.2, -0.15) is 11.8 Å². The first-order valence-electron chi connectivity index (χ1n) is 6.30. The van der Waals surface area contributed by atoms with E-state index in [0.29, 0.717) is 12.6 Å². The monoisotopic (exact) mass is 248 g/mol. The van der Waals surface area contributed by atoms with Crippen molar-refractivity contribution in [1.29, 1.82) is 0 Å². The number of nitrogens with one attached hydrogen (secondary N) is 1. The van der Waals surface area contributed by atoms with Gasteiger partial charge in [-0.1, -0.05) is 20.8 Å². The molecule has 2 atom stereocenters. The maximum absolute atomic E-state index is 9.88. The van der Waals surface area contributed by atoms with Crippen LogP contribution < -0.4 is 5.32 Å². The van der Waals surface area contributed by atoms with Gasteiger partial charge in [-0.3, -0.25) is 0 Å². The number of hydrogen-bond donors (Lipinski definition) is 2. The van der Waals surface area contributed by atoms with Crippen molar-refractivity contribution in [1.82, 2.24) is 10.2 Å². The Kier molecular flexibility index (Phi) is 10.5. The van der Waals surface area contributed by atoms with Crippen LogP contribution in [-0.4, -0.2) is 60.3 Å². The van der Waals surface area contributed by atoms with Crippen LogP contribution in [0.1, 0.15) is 27.2 Å². The Morgan fingerprint density at radius 3 is 2.31 bits per heavy atom. The lowest BCUT2D eigenvalue weighted by Gasteiger charge is -2.24. The molecule has 0 aliphatic rings. The molecular formula is C12H28N2OS. The molecule has 0 bridgehead atoms. The molecule has 0 rings (SSSR count). The summed E-state index contributed by atoms with van der Waals surface area (Å²) in [6, 6.07) is 0.529. The molecule has 0 heterocycles. The number of thioether (sulfide) groups is 1. The molecule has 0 aromatic rings. The molecule has 0 spiro atoms. The molecule has 0 radical (unpaired) electrons. The molecule has 98 valence electrons. The number of aliphatic hydroxyl groups is 1. The summed E-state index contributed by atoms with van der Waals surface area (Å²) in [6.07, 6.45) is 2.99. The Balaban J connectivity index is 3.73. The first kappa shape index (κ1) is 16.2. The van der Waals surface area contributed by atoms with Gasteiger partial charge in [-0.15, -0.1) is 0 Å². The zero-order valence-corrected chi connectivity index (χ0v) is 12.0.